The molecule has 0 fully saturated rings. The highest BCUT2D eigenvalue weighted by molar-refractivity contribution is 6.68. The van der Waals surface area contributed by atoms with Gasteiger partial charge in [-0.1, -0.05) is 40.9 Å². The summed E-state index contributed by atoms with van der Waals surface area (Å²) in [5.74, 6) is -0.465. The molecule has 0 spiro atoms. The number of carbonyl (C=O) groups is 1. The van der Waals surface area contributed by atoms with Crippen molar-refractivity contribution in [1.29, 1.82) is 0 Å². The highest BCUT2D eigenvalue weighted by Crippen LogP contribution is 2.35. The molecule has 2 nitrogen and oxygen atoms in total. The number of ether oxygens (including phenoxy) is 1. The van der Waals surface area contributed by atoms with Crippen LogP contribution in [0.2, 0.25) is 0 Å². The van der Waals surface area contributed by atoms with Gasteiger partial charge >= 0.3 is 5.97 Å². The molecule has 1 aliphatic rings. The maximum absolute atomic E-state index is 10.6. The third-order valence-electron chi connectivity index (χ3n) is 1.23. The van der Waals surface area contributed by atoms with Gasteiger partial charge in [-0.15, -0.1) is 0 Å². The van der Waals surface area contributed by atoms with E-state index in [1.54, 1.807) is 6.08 Å². The van der Waals surface area contributed by atoms with Crippen molar-refractivity contribution in [2.45, 2.75) is 16.3 Å². The van der Waals surface area contributed by atoms with E-state index in [4.69, 9.17) is 39.5 Å². The van der Waals surface area contributed by atoms with Crippen molar-refractivity contribution in [3.05, 3.63) is 12.2 Å². The summed E-state index contributed by atoms with van der Waals surface area (Å²) in [5.41, 5.74) is 0. The highest BCUT2D eigenvalue weighted by atomic mass is 35.6. The standard InChI is InChI=1S/C6H5Cl3O2/c7-6(8,9)4-2-1-3-5(10)11-4/h1,3-4H,2H2/t4-/m0/s1. The molecule has 0 bridgehead atoms. The van der Waals surface area contributed by atoms with E-state index in [1.807, 2.05) is 0 Å². The molecule has 1 heterocycles. The largest absolute Gasteiger partial charge is 0.454 e. The van der Waals surface area contributed by atoms with Gasteiger partial charge in [0.25, 0.3) is 0 Å². The van der Waals surface area contributed by atoms with Crippen LogP contribution in [0, 0.1) is 0 Å². The molecule has 5 heteroatoms. The summed E-state index contributed by atoms with van der Waals surface area (Å²) < 4.78 is 3.20. The summed E-state index contributed by atoms with van der Waals surface area (Å²) in [6.45, 7) is 0. The van der Waals surface area contributed by atoms with Crippen molar-refractivity contribution < 1.29 is 9.53 Å². The molecule has 0 unspecified atom stereocenters. The van der Waals surface area contributed by atoms with Gasteiger partial charge in [0, 0.05) is 12.5 Å². The Labute approximate surface area is 79.1 Å². The number of rotatable bonds is 0. The first kappa shape index (κ1) is 9.17. The van der Waals surface area contributed by atoms with E-state index >= 15 is 0 Å². The van der Waals surface area contributed by atoms with Crippen LogP contribution in [-0.4, -0.2) is 15.9 Å². The first-order valence-electron chi connectivity index (χ1n) is 2.94. The van der Waals surface area contributed by atoms with Gasteiger partial charge in [-0.2, -0.15) is 0 Å². The van der Waals surface area contributed by atoms with Gasteiger partial charge in [-0.05, 0) is 0 Å². The Balaban J connectivity index is 2.64. The van der Waals surface area contributed by atoms with Crippen molar-refractivity contribution in [2.24, 2.45) is 0 Å². The minimum Gasteiger partial charge on any atom is -0.454 e. The fourth-order valence-electron chi connectivity index (χ4n) is 0.716. The zero-order valence-corrected chi connectivity index (χ0v) is 7.66. The lowest BCUT2D eigenvalue weighted by molar-refractivity contribution is -0.143. The van der Waals surface area contributed by atoms with Gasteiger partial charge in [0.1, 0.15) is 0 Å². The molecule has 0 aliphatic carbocycles. The summed E-state index contributed by atoms with van der Waals surface area (Å²) in [6, 6.07) is 0. The van der Waals surface area contributed by atoms with Crippen LogP contribution in [0.25, 0.3) is 0 Å². The van der Waals surface area contributed by atoms with Gasteiger partial charge in [0.05, 0.1) is 0 Å². The van der Waals surface area contributed by atoms with E-state index in [1.165, 1.54) is 6.08 Å². The Morgan fingerprint density at radius 2 is 2.18 bits per heavy atom. The maximum Gasteiger partial charge on any atom is 0.330 e. The van der Waals surface area contributed by atoms with Crippen molar-refractivity contribution in [2.75, 3.05) is 0 Å². The number of halogens is 3. The van der Waals surface area contributed by atoms with E-state index in [0.717, 1.165) is 0 Å². The Hall–Kier alpha value is 0.0800. The second-order valence-corrected chi connectivity index (χ2v) is 4.47. The Bertz CT molecular complexity index is 194. The second kappa shape index (κ2) is 3.21. The van der Waals surface area contributed by atoms with E-state index < -0.39 is 15.9 Å². The smallest absolute Gasteiger partial charge is 0.330 e. The topological polar surface area (TPSA) is 26.3 Å². The lowest BCUT2D eigenvalue weighted by Crippen LogP contribution is -2.32. The normalized spacial score (nSPS) is 25.0. The number of cyclic esters (lactones) is 1. The molecule has 0 aromatic rings. The van der Waals surface area contributed by atoms with Gasteiger partial charge < -0.3 is 4.74 Å². The average molecular weight is 215 g/mol. The van der Waals surface area contributed by atoms with Crippen molar-refractivity contribution in [1.82, 2.24) is 0 Å². The van der Waals surface area contributed by atoms with Crippen LogP contribution in [0.15, 0.2) is 12.2 Å². The molecule has 1 aliphatic heterocycles. The maximum atomic E-state index is 10.6. The van der Waals surface area contributed by atoms with Crippen LogP contribution in [0.4, 0.5) is 0 Å². The number of alkyl halides is 3. The van der Waals surface area contributed by atoms with Crippen molar-refractivity contribution >= 4 is 40.8 Å². The first-order valence-corrected chi connectivity index (χ1v) is 4.07. The van der Waals surface area contributed by atoms with Crippen LogP contribution in [-0.2, 0) is 9.53 Å². The van der Waals surface area contributed by atoms with Gasteiger partial charge in [-0.25, -0.2) is 4.79 Å². The number of hydrogen-bond donors (Lipinski definition) is 0. The van der Waals surface area contributed by atoms with E-state index in [-0.39, 0.29) is 0 Å². The SMILES string of the molecule is O=C1C=CC[C@@H](C(Cl)(Cl)Cl)O1. The van der Waals surface area contributed by atoms with Crippen LogP contribution in [0.5, 0.6) is 0 Å². The van der Waals surface area contributed by atoms with Gasteiger partial charge in [-0.3, -0.25) is 0 Å². The average Bonchev–Trinajstić information content (AvgIpc) is 1.86. The molecule has 1 atom stereocenters. The third kappa shape index (κ3) is 2.55. The molecule has 0 aromatic heterocycles. The summed E-state index contributed by atoms with van der Waals surface area (Å²) in [7, 11) is 0. The van der Waals surface area contributed by atoms with Gasteiger partial charge in [0.2, 0.25) is 3.79 Å². The summed E-state index contributed by atoms with van der Waals surface area (Å²) >= 11 is 16.5. The number of esters is 1. The Morgan fingerprint density at radius 1 is 1.55 bits per heavy atom. The zero-order chi connectivity index (χ0) is 8.48. The third-order valence-corrected chi connectivity index (χ3v) is 1.96. The molecule has 0 radical (unpaired) electrons. The number of carbonyl (C=O) groups excluding carboxylic acids is 1. The molecular weight excluding hydrogens is 210 g/mol. The highest BCUT2D eigenvalue weighted by Gasteiger charge is 2.36. The van der Waals surface area contributed by atoms with E-state index in [9.17, 15) is 4.79 Å². The van der Waals surface area contributed by atoms with Crippen molar-refractivity contribution in [3.8, 4) is 0 Å². The summed E-state index contributed by atoms with van der Waals surface area (Å²) in [6.07, 6.45) is 2.72. The molecule has 0 amide bonds. The Morgan fingerprint density at radius 3 is 2.55 bits per heavy atom. The molecule has 11 heavy (non-hydrogen) atoms. The molecule has 0 saturated carbocycles. The lowest BCUT2D eigenvalue weighted by atomic mass is 10.2. The van der Waals surface area contributed by atoms with Crippen molar-refractivity contribution in [3.63, 3.8) is 0 Å². The first-order chi connectivity index (χ1) is 5.00. The molecular formula is C6H5Cl3O2. The molecule has 0 aromatic carbocycles. The van der Waals surface area contributed by atoms with Crippen LogP contribution in [0.1, 0.15) is 6.42 Å². The predicted molar refractivity (Wildman–Crippen MR) is 43.9 cm³/mol. The molecule has 1 rings (SSSR count). The minimum absolute atomic E-state index is 0.447. The van der Waals surface area contributed by atoms with Crippen LogP contribution >= 0.6 is 34.8 Å². The van der Waals surface area contributed by atoms with E-state index in [2.05, 4.69) is 0 Å². The van der Waals surface area contributed by atoms with Crippen LogP contribution in [0.3, 0.4) is 0 Å². The molecule has 62 valence electrons. The monoisotopic (exact) mass is 214 g/mol. The Kier molecular flexibility index (Phi) is 2.68. The van der Waals surface area contributed by atoms with Gasteiger partial charge in [0.15, 0.2) is 6.10 Å². The summed E-state index contributed by atoms with van der Waals surface area (Å²) in [4.78, 5) is 10.6. The van der Waals surface area contributed by atoms with Crippen LogP contribution < -0.4 is 0 Å². The van der Waals surface area contributed by atoms with E-state index in [0.29, 0.717) is 6.42 Å². The number of hydrogen-bond acceptors (Lipinski definition) is 2. The fraction of sp³-hybridized carbons (Fsp3) is 0.500. The fourth-order valence-corrected chi connectivity index (χ4v) is 1.12. The minimum atomic E-state index is -1.53. The summed E-state index contributed by atoms with van der Waals surface area (Å²) in [5, 5.41) is 0. The lowest BCUT2D eigenvalue weighted by Gasteiger charge is -2.24. The zero-order valence-electron chi connectivity index (χ0n) is 5.39. The molecule has 0 saturated heterocycles. The quantitative estimate of drug-likeness (QED) is 0.457. The second-order valence-electron chi connectivity index (χ2n) is 2.11. The molecule has 0 N–H and O–H groups in total. The predicted octanol–water partition coefficient (Wildman–Crippen LogP) is 2.23.